The van der Waals surface area contributed by atoms with Gasteiger partial charge in [-0.25, -0.2) is 0 Å². The molecule has 1 saturated heterocycles. The van der Waals surface area contributed by atoms with Gasteiger partial charge >= 0.3 is 6.18 Å². The number of rotatable bonds is 3. The minimum Gasteiger partial charge on any atom is -0.368 e. The van der Waals surface area contributed by atoms with Gasteiger partial charge < -0.3 is 4.90 Å². The average molecular weight is 350 g/mol. The van der Waals surface area contributed by atoms with Gasteiger partial charge in [0.25, 0.3) is 0 Å². The molecule has 0 saturated carbocycles. The SMILES string of the molecule is CC(C)C1CCCN1c1ccc(CBr)cc1C(F)(F)F. The van der Waals surface area contributed by atoms with Crippen LogP contribution in [-0.2, 0) is 11.5 Å². The van der Waals surface area contributed by atoms with Crippen LogP contribution in [0.4, 0.5) is 18.9 Å². The maximum Gasteiger partial charge on any atom is 0.418 e. The second-order valence-electron chi connectivity index (χ2n) is 5.63. The van der Waals surface area contributed by atoms with E-state index in [1.165, 1.54) is 6.07 Å². The molecule has 1 atom stereocenters. The molecule has 1 unspecified atom stereocenters. The number of hydrogen-bond donors (Lipinski definition) is 0. The van der Waals surface area contributed by atoms with E-state index in [0.29, 0.717) is 29.0 Å². The summed E-state index contributed by atoms with van der Waals surface area (Å²) in [6.07, 6.45) is -2.38. The standard InChI is InChI=1S/C15H19BrF3N/c1-10(2)13-4-3-7-20(13)14-6-5-11(9-16)8-12(14)15(17,18)19/h5-6,8,10,13H,3-4,7,9H2,1-2H3. The Labute approximate surface area is 126 Å². The number of nitrogens with zero attached hydrogens (tertiary/aromatic N) is 1. The molecule has 1 heterocycles. The van der Waals surface area contributed by atoms with E-state index < -0.39 is 11.7 Å². The lowest BCUT2D eigenvalue weighted by atomic mass is 10.00. The van der Waals surface area contributed by atoms with E-state index in [2.05, 4.69) is 29.8 Å². The Morgan fingerprint density at radius 2 is 2.05 bits per heavy atom. The molecule has 112 valence electrons. The molecule has 0 bridgehead atoms. The highest BCUT2D eigenvalue weighted by atomic mass is 79.9. The van der Waals surface area contributed by atoms with E-state index in [1.807, 2.05) is 4.90 Å². The minimum atomic E-state index is -4.31. The van der Waals surface area contributed by atoms with Crippen molar-refractivity contribution in [3.8, 4) is 0 Å². The van der Waals surface area contributed by atoms with Crippen LogP contribution < -0.4 is 4.90 Å². The normalized spacial score (nSPS) is 19.9. The zero-order chi connectivity index (χ0) is 14.9. The molecule has 0 amide bonds. The molecule has 2 rings (SSSR count). The molecular weight excluding hydrogens is 331 g/mol. The van der Waals surface area contributed by atoms with Crippen molar-refractivity contribution in [2.75, 3.05) is 11.4 Å². The van der Waals surface area contributed by atoms with Gasteiger partial charge in [-0.15, -0.1) is 0 Å². The fourth-order valence-corrected chi connectivity index (χ4v) is 3.28. The van der Waals surface area contributed by atoms with Gasteiger partial charge in [0.05, 0.1) is 5.56 Å². The van der Waals surface area contributed by atoms with Crippen LogP contribution in [0.3, 0.4) is 0 Å². The van der Waals surface area contributed by atoms with Crippen molar-refractivity contribution in [1.82, 2.24) is 0 Å². The number of benzene rings is 1. The lowest BCUT2D eigenvalue weighted by Gasteiger charge is -2.32. The van der Waals surface area contributed by atoms with Crippen LogP contribution in [0.25, 0.3) is 0 Å². The molecule has 5 heteroatoms. The molecule has 1 fully saturated rings. The fourth-order valence-electron chi connectivity index (χ4n) is 2.93. The Balaban J connectivity index is 2.45. The van der Waals surface area contributed by atoms with Gasteiger partial charge in [-0.3, -0.25) is 0 Å². The number of hydrogen-bond acceptors (Lipinski definition) is 1. The van der Waals surface area contributed by atoms with Crippen molar-refractivity contribution in [1.29, 1.82) is 0 Å². The van der Waals surface area contributed by atoms with Crippen molar-refractivity contribution >= 4 is 21.6 Å². The lowest BCUT2D eigenvalue weighted by molar-refractivity contribution is -0.137. The number of anilines is 1. The molecule has 0 radical (unpaired) electrons. The predicted octanol–water partition coefficient (Wildman–Crippen LogP) is 5.23. The van der Waals surface area contributed by atoms with E-state index >= 15 is 0 Å². The molecule has 0 aliphatic carbocycles. The first-order valence-corrected chi connectivity index (χ1v) is 7.99. The molecule has 1 aliphatic heterocycles. The highest BCUT2D eigenvalue weighted by Gasteiger charge is 2.38. The largest absolute Gasteiger partial charge is 0.418 e. The van der Waals surface area contributed by atoms with E-state index in [1.54, 1.807) is 12.1 Å². The van der Waals surface area contributed by atoms with Crippen molar-refractivity contribution in [3.05, 3.63) is 29.3 Å². The topological polar surface area (TPSA) is 3.24 Å². The van der Waals surface area contributed by atoms with Crippen LogP contribution in [0, 0.1) is 5.92 Å². The van der Waals surface area contributed by atoms with E-state index in [0.717, 1.165) is 12.8 Å². The number of alkyl halides is 4. The zero-order valence-electron chi connectivity index (χ0n) is 11.7. The quantitative estimate of drug-likeness (QED) is 0.675. The van der Waals surface area contributed by atoms with Gasteiger partial charge in [0.2, 0.25) is 0 Å². The molecule has 1 aliphatic rings. The van der Waals surface area contributed by atoms with Crippen molar-refractivity contribution in [2.24, 2.45) is 5.92 Å². The summed E-state index contributed by atoms with van der Waals surface area (Å²) < 4.78 is 39.9. The molecule has 0 N–H and O–H groups in total. The van der Waals surface area contributed by atoms with Crippen LogP contribution >= 0.6 is 15.9 Å². The smallest absolute Gasteiger partial charge is 0.368 e. The summed E-state index contributed by atoms with van der Waals surface area (Å²) >= 11 is 3.22. The first kappa shape index (κ1) is 15.7. The first-order chi connectivity index (χ1) is 9.34. The Bertz CT molecular complexity index is 471. The second kappa shape index (κ2) is 5.96. The van der Waals surface area contributed by atoms with E-state index in [4.69, 9.17) is 0 Å². The summed E-state index contributed by atoms with van der Waals surface area (Å²) in [5.74, 6) is 0.356. The molecule has 1 nitrogen and oxygen atoms in total. The maximum atomic E-state index is 13.3. The van der Waals surface area contributed by atoms with Gasteiger partial charge in [-0.2, -0.15) is 13.2 Å². The highest BCUT2D eigenvalue weighted by molar-refractivity contribution is 9.08. The number of halogens is 4. The summed E-state index contributed by atoms with van der Waals surface area (Å²) in [5.41, 5.74) is 0.474. The molecule has 20 heavy (non-hydrogen) atoms. The van der Waals surface area contributed by atoms with Crippen LogP contribution in [0.5, 0.6) is 0 Å². The van der Waals surface area contributed by atoms with Crippen molar-refractivity contribution < 1.29 is 13.2 Å². The van der Waals surface area contributed by atoms with Gasteiger partial charge in [0.15, 0.2) is 0 Å². The predicted molar refractivity (Wildman–Crippen MR) is 79.3 cm³/mol. The van der Waals surface area contributed by atoms with Crippen molar-refractivity contribution in [2.45, 2.75) is 44.2 Å². The van der Waals surface area contributed by atoms with Crippen molar-refractivity contribution in [3.63, 3.8) is 0 Å². The zero-order valence-corrected chi connectivity index (χ0v) is 13.3. The van der Waals surface area contributed by atoms with Crippen LogP contribution in [-0.4, -0.2) is 12.6 Å². The average Bonchev–Trinajstić information content (AvgIpc) is 2.86. The third-order valence-electron chi connectivity index (χ3n) is 3.90. The first-order valence-electron chi connectivity index (χ1n) is 6.87. The lowest BCUT2D eigenvalue weighted by Crippen LogP contribution is -2.34. The van der Waals surface area contributed by atoms with Gasteiger partial charge in [0.1, 0.15) is 0 Å². The minimum absolute atomic E-state index is 0.200. The maximum absolute atomic E-state index is 13.3. The fraction of sp³-hybridized carbons (Fsp3) is 0.600. The van der Waals surface area contributed by atoms with E-state index in [9.17, 15) is 13.2 Å². The van der Waals surface area contributed by atoms with Crippen LogP contribution in [0.1, 0.15) is 37.8 Å². The van der Waals surface area contributed by atoms with E-state index in [-0.39, 0.29) is 6.04 Å². The van der Waals surface area contributed by atoms with Gasteiger partial charge in [0, 0.05) is 23.6 Å². The Morgan fingerprint density at radius 3 is 2.60 bits per heavy atom. The van der Waals surface area contributed by atoms with Crippen LogP contribution in [0.15, 0.2) is 18.2 Å². The van der Waals surface area contributed by atoms with Gasteiger partial charge in [-0.05, 0) is 36.5 Å². The second-order valence-corrected chi connectivity index (χ2v) is 6.19. The molecule has 1 aromatic rings. The molecule has 0 aromatic heterocycles. The summed E-state index contributed by atoms with van der Waals surface area (Å²) in [6.45, 7) is 4.85. The summed E-state index contributed by atoms with van der Waals surface area (Å²) in [7, 11) is 0. The van der Waals surface area contributed by atoms with Gasteiger partial charge in [-0.1, -0.05) is 35.8 Å². The molecule has 0 spiro atoms. The molecular formula is C15H19BrF3N. The summed E-state index contributed by atoms with van der Waals surface area (Å²) in [5, 5.41) is 0.434. The monoisotopic (exact) mass is 349 g/mol. The Hall–Kier alpha value is -0.710. The third kappa shape index (κ3) is 3.13. The summed E-state index contributed by atoms with van der Waals surface area (Å²) in [6, 6.07) is 4.86. The highest BCUT2D eigenvalue weighted by Crippen LogP contribution is 2.40. The summed E-state index contributed by atoms with van der Waals surface area (Å²) in [4.78, 5) is 1.94. The van der Waals surface area contributed by atoms with Crippen LogP contribution in [0.2, 0.25) is 0 Å². The molecule has 1 aromatic carbocycles. The Kier molecular flexibility index (Phi) is 4.67. The Morgan fingerprint density at radius 1 is 1.35 bits per heavy atom. The third-order valence-corrected chi connectivity index (χ3v) is 4.55.